The molecule has 1 aromatic carbocycles. The van der Waals surface area contributed by atoms with Crippen molar-refractivity contribution in [3.05, 3.63) is 29.8 Å². The molecule has 2 fully saturated rings. The van der Waals surface area contributed by atoms with Gasteiger partial charge in [0.1, 0.15) is 5.75 Å². The fourth-order valence-corrected chi connectivity index (χ4v) is 3.53. The van der Waals surface area contributed by atoms with E-state index in [1.54, 1.807) is 0 Å². The molecule has 2 aliphatic rings. The van der Waals surface area contributed by atoms with E-state index in [4.69, 9.17) is 4.74 Å². The van der Waals surface area contributed by atoms with Gasteiger partial charge in [-0.15, -0.1) is 0 Å². The van der Waals surface area contributed by atoms with Crippen molar-refractivity contribution in [2.45, 2.75) is 50.9 Å². The topological polar surface area (TPSA) is 21.3 Å². The molecule has 0 bridgehead atoms. The van der Waals surface area contributed by atoms with Crippen molar-refractivity contribution in [1.29, 1.82) is 0 Å². The zero-order valence-corrected chi connectivity index (χ0v) is 12.4. The predicted molar refractivity (Wildman–Crippen MR) is 83.4 cm³/mol. The third-order valence-corrected chi connectivity index (χ3v) is 4.90. The molecule has 0 atom stereocenters. The molecule has 0 aromatic heterocycles. The van der Waals surface area contributed by atoms with Crippen LogP contribution in [0.15, 0.2) is 24.3 Å². The highest BCUT2D eigenvalue weighted by molar-refractivity contribution is 5.29. The molecule has 1 saturated carbocycles. The number of piperidine rings is 1. The summed E-state index contributed by atoms with van der Waals surface area (Å²) >= 11 is 0. The average molecular weight is 273 g/mol. The minimum atomic E-state index is 0.731. The van der Waals surface area contributed by atoms with Gasteiger partial charge in [0.15, 0.2) is 0 Å². The lowest BCUT2D eigenvalue weighted by atomic mass is 9.84. The van der Waals surface area contributed by atoms with E-state index >= 15 is 0 Å². The molecular weight excluding hydrogens is 246 g/mol. The van der Waals surface area contributed by atoms with E-state index in [1.165, 1.54) is 50.5 Å². The first-order valence-electron chi connectivity index (χ1n) is 8.35. The molecule has 0 radical (unpaired) electrons. The molecule has 2 nitrogen and oxygen atoms in total. The van der Waals surface area contributed by atoms with Crippen LogP contribution in [0.4, 0.5) is 0 Å². The van der Waals surface area contributed by atoms with E-state index in [9.17, 15) is 0 Å². The Bertz CT molecular complexity index is 388. The summed E-state index contributed by atoms with van der Waals surface area (Å²) in [7, 11) is 0. The zero-order chi connectivity index (χ0) is 13.6. The van der Waals surface area contributed by atoms with Crippen LogP contribution < -0.4 is 10.1 Å². The Labute approximate surface area is 122 Å². The smallest absolute Gasteiger partial charge is 0.119 e. The number of rotatable bonds is 4. The zero-order valence-electron chi connectivity index (χ0n) is 12.4. The largest absolute Gasteiger partial charge is 0.493 e. The van der Waals surface area contributed by atoms with Crippen molar-refractivity contribution in [3.8, 4) is 5.75 Å². The van der Waals surface area contributed by atoms with Crippen molar-refractivity contribution in [1.82, 2.24) is 5.32 Å². The first-order chi connectivity index (χ1) is 9.92. The monoisotopic (exact) mass is 273 g/mol. The number of hydrogen-bond acceptors (Lipinski definition) is 2. The summed E-state index contributed by atoms with van der Waals surface area (Å²) < 4.78 is 5.96. The molecule has 1 N–H and O–H groups in total. The Hall–Kier alpha value is -1.02. The highest BCUT2D eigenvalue weighted by Gasteiger charge is 2.16. The molecule has 1 saturated heterocycles. The number of ether oxygens (including phenoxy) is 1. The maximum absolute atomic E-state index is 5.96. The van der Waals surface area contributed by atoms with Crippen LogP contribution in [0, 0.1) is 5.92 Å². The van der Waals surface area contributed by atoms with Crippen LogP contribution in [0.3, 0.4) is 0 Å². The second kappa shape index (κ2) is 7.12. The molecule has 110 valence electrons. The van der Waals surface area contributed by atoms with Crippen LogP contribution in [0.25, 0.3) is 0 Å². The van der Waals surface area contributed by atoms with Crippen molar-refractivity contribution in [2.75, 3.05) is 19.7 Å². The molecular formula is C18H27NO. The number of hydrogen-bond donors (Lipinski definition) is 1. The minimum Gasteiger partial charge on any atom is -0.493 e. The van der Waals surface area contributed by atoms with Crippen LogP contribution in [-0.4, -0.2) is 19.7 Å². The lowest BCUT2D eigenvalue weighted by Crippen LogP contribution is -2.30. The highest BCUT2D eigenvalue weighted by atomic mass is 16.5. The molecule has 0 spiro atoms. The maximum Gasteiger partial charge on any atom is 0.119 e. The van der Waals surface area contributed by atoms with E-state index in [2.05, 4.69) is 29.6 Å². The normalized spacial score (nSPS) is 21.8. The van der Waals surface area contributed by atoms with E-state index in [-0.39, 0.29) is 0 Å². The number of benzene rings is 1. The number of nitrogens with one attached hydrogen (secondary N) is 1. The van der Waals surface area contributed by atoms with Crippen LogP contribution in [-0.2, 0) is 0 Å². The molecule has 1 aliphatic carbocycles. The maximum atomic E-state index is 5.96. The summed E-state index contributed by atoms with van der Waals surface area (Å²) in [4.78, 5) is 0. The van der Waals surface area contributed by atoms with Gasteiger partial charge in [-0.25, -0.2) is 0 Å². The summed E-state index contributed by atoms with van der Waals surface area (Å²) in [6.07, 6.45) is 9.47. The standard InChI is InChI=1S/C18H27NO/c1-2-4-16(5-3-1)17-6-8-18(9-7-17)20-14-15-10-12-19-13-11-15/h6-9,15-16,19H,1-5,10-14H2. The first-order valence-corrected chi connectivity index (χ1v) is 8.35. The summed E-state index contributed by atoms with van der Waals surface area (Å²) in [6, 6.07) is 8.91. The van der Waals surface area contributed by atoms with Crippen molar-refractivity contribution in [2.24, 2.45) is 5.92 Å². The second-order valence-electron chi connectivity index (χ2n) is 6.41. The Morgan fingerprint density at radius 3 is 2.30 bits per heavy atom. The fourth-order valence-electron chi connectivity index (χ4n) is 3.53. The van der Waals surface area contributed by atoms with E-state index < -0.39 is 0 Å². The molecule has 20 heavy (non-hydrogen) atoms. The summed E-state index contributed by atoms with van der Waals surface area (Å²) in [5, 5.41) is 3.40. The van der Waals surface area contributed by atoms with Crippen molar-refractivity contribution in [3.63, 3.8) is 0 Å². The predicted octanol–water partition coefficient (Wildman–Crippen LogP) is 4.11. The Kier molecular flexibility index (Phi) is 4.96. The van der Waals surface area contributed by atoms with E-state index in [0.717, 1.165) is 37.3 Å². The molecule has 1 heterocycles. The van der Waals surface area contributed by atoms with Crippen LogP contribution in [0.2, 0.25) is 0 Å². The lowest BCUT2D eigenvalue weighted by Gasteiger charge is -2.23. The molecule has 3 rings (SSSR count). The van der Waals surface area contributed by atoms with Crippen molar-refractivity contribution < 1.29 is 4.74 Å². The first kappa shape index (κ1) is 13.9. The summed E-state index contributed by atoms with van der Waals surface area (Å²) in [6.45, 7) is 3.17. The third kappa shape index (κ3) is 3.76. The van der Waals surface area contributed by atoms with Gasteiger partial charge in [0.2, 0.25) is 0 Å². The molecule has 0 unspecified atom stereocenters. The van der Waals surface area contributed by atoms with E-state index in [0.29, 0.717) is 0 Å². The Morgan fingerprint density at radius 1 is 0.900 bits per heavy atom. The lowest BCUT2D eigenvalue weighted by molar-refractivity contribution is 0.215. The van der Waals surface area contributed by atoms with Crippen LogP contribution >= 0.6 is 0 Å². The van der Waals surface area contributed by atoms with Crippen LogP contribution in [0.5, 0.6) is 5.75 Å². The molecule has 1 aromatic rings. The highest BCUT2D eigenvalue weighted by Crippen LogP contribution is 2.33. The minimum absolute atomic E-state index is 0.731. The van der Waals surface area contributed by atoms with Gasteiger partial charge in [0, 0.05) is 0 Å². The van der Waals surface area contributed by atoms with Gasteiger partial charge in [-0.3, -0.25) is 0 Å². The van der Waals surface area contributed by atoms with Crippen molar-refractivity contribution >= 4 is 0 Å². The van der Waals surface area contributed by atoms with Gasteiger partial charge in [0.25, 0.3) is 0 Å². The summed E-state index contributed by atoms with van der Waals surface area (Å²) in [5.74, 6) is 2.57. The van der Waals surface area contributed by atoms with Gasteiger partial charge in [-0.1, -0.05) is 31.4 Å². The third-order valence-electron chi connectivity index (χ3n) is 4.90. The van der Waals surface area contributed by atoms with Gasteiger partial charge in [-0.2, -0.15) is 0 Å². The van der Waals surface area contributed by atoms with Gasteiger partial charge in [0.05, 0.1) is 6.61 Å². The Morgan fingerprint density at radius 2 is 1.60 bits per heavy atom. The average Bonchev–Trinajstić information content (AvgIpc) is 2.55. The van der Waals surface area contributed by atoms with Gasteiger partial charge >= 0.3 is 0 Å². The second-order valence-corrected chi connectivity index (χ2v) is 6.41. The van der Waals surface area contributed by atoms with Crippen LogP contribution in [0.1, 0.15) is 56.4 Å². The molecule has 1 aliphatic heterocycles. The van der Waals surface area contributed by atoms with Gasteiger partial charge < -0.3 is 10.1 Å². The SMILES string of the molecule is c1cc(C2CCCCC2)ccc1OCC1CCNCC1. The Balaban J connectivity index is 1.50. The fraction of sp³-hybridized carbons (Fsp3) is 0.667. The molecule has 2 heteroatoms. The van der Waals surface area contributed by atoms with E-state index in [1.807, 2.05) is 0 Å². The quantitative estimate of drug-likeness (QED) is 0.891. The molecule has 0 amide bonds. The summed E-state index contributed by atoms with van der Waals surface area (Å²) in [5.41, 5.74) is 1.51. The van der Waals surface area contributed by atoms with Gasteiger partial charge in [-0.05, 0) is 68.3 Å².